The number of carbonyl (C=O) groups is 1. The molecule has 0 unspecified atom stereocenters. The molecule has 2 rings (SSSR count). The molecule has 0 saturated carbocycles. The van der Waals surface area contributed by atoms with Crippen LogP contribution in [-0.4, -0.2) is 47.5 Å². The topological polar surface area (TPSA) is 75.3 Å². The lowest BCUT2D eigenvalue weighted by atomic mass is 10.2. The Kier molecular flexibility index (Phi) is 2.64. The zero-order chi connectivity index (χ0) is 11.7. The molecule has 2 N–H and O–H groups in total. The molecule has 1 saturated heterocycles. The summed E-state index contributed by atoms with van der Waals surface area (Å²) in [5, 5.41) is 0. The van der Waals surface area contributed by atoms with Gasteiger partial charge in [0.15, 0.2) is 0 Å². The number of hydrogen-bond acceptors (Lipinski definition) is 5. The predicted octanol–water partition coefficient (Wildman–Crippen LogP) is -0.354. The van der Waals surface area contributed by atoms with Crippen LogP contribution in [0.15, 0.2) is 6.33 Å². The van der Waals surface area contributed by atoms with Gasteiger partial charge in [0.2, 0.25) is 5.91 Å². The van der Waals surface area contributed by atoms with Gasteiger partial charge in [-0.25, -0.2) is 9.97 Å². The highest BCUT2D eigenvalue weighted by Crippen LogP contribution is 2.21. The van der Waals surface area contributed by atoms with Gasteiger partial charge in [0.05, 0.1) is 6.54 Å². The van der Waals surface area contributed by atoms with Crippen LogP contribution < -0.4 is 10.6 Å². The zero-order valence-corrected chi connectivity index (χ0v) is 9.47. The molecule has 1 amide bonds. The number of rotatable bonds is 1. The van der Waals surface area contributed by atoms with Crippen LogP contribution in [0.25, 0.3) is 0 Å². The van der Waals surface area contributed by atoms with E-state index >= 15 is 0 Å². The van der Waals surface area contributed by atoms with Crippen molar-refractivity contribution in [2.45, 2.75) is 6.92 Å². The number of anilines is 2. The van der Waals surface area contributed by atoms with E-state index in [9.17, 15) is 4.79 Å². The molecule has 1 aromatic rings. The van der Waals surface area contributed by atoms with E-state index in [1.54, 1.807) is 11.9 Å². The number of carbonyl (C=O) groups excluding carboxylic acids is 1. The van der Waals surface area contributed by atoms with Crippen molar-refractivity contribution in [3.05, 3.63) is 11.9 Å². The predicted molar refractivity (Wildman–Crippen MR) is 61.0 cm³/mol. The van der Waals surface area contributed by atoms with E-state index in [1.165, 1.54) is 6.33 Å². The van der Waals surface area contributed by atoms with Crippen molar-refractivity contribution in [1.82, 2.24) is 14.9 Å². The third-order valence-electron chi connectivity index (χ3n) is 2.85. The molecule has 0 radical (unpaired) electrons. The first kappa shape index (κ1) is 10.7. The monoisotopic (exact) mass is 221 g/mol. The van der Waals surface area contributed by atoms with Crippen molar-refractivity contribution in [1.29, 1.82) is 0 Å². The van der Waals surface area contributed by atoms with E-state index in [1.807, 2.05) is 11.8 Å². The first-order valence-corrected chi connectivity index (χ1v) is 5.15. The summed E-state index contributed by atoms with van der Waals surface area (Å²) in [4.78, 5) is 23.3. The molecule has 6 heteroatoms. The van der Waals surface area contributed by atoms with E-state index < -0.39 is 0 Å². The fourth-order valence-corrected chi connectivity index (χ4v) is 1.71. The Bertz CT molecular complexity index is 420. The van der Waals surface area contributed by atoms with Crippen LogP contribution in [0.5, 0.6) is 0 Å². The van der Waals surface area contributed by atoms with E-state index in [4.69, 9.17) is 5.73 Å². The number of likely N-dealkylation sites (N-methyl/N-ethyl adjacent to an activating group) is 1. The van der Waals surface area contributed by atoms with E-state index in [2.05, 4.69) is 9.97 Å². The van der Waals surface area contributed by atoms with Gasteiger partial charge < -0.3 is 15.5 Å². The normalized spacial score (nSPS) is 16.8. The highest BCUT2D eigenvalue weighted by atomic mass is 16.2. The summed E-state index contributed by atoms with van der Waals surface area (Å²) in [6, 6.07) is 0. The maximum atomic E-state index is 11.6. The molecule has 1 aliphatic heterocycles. The lowest BCUT2D eigenvalue weighted by Crippen LogP contribution is -2.49. The quantitative estimate of drug-likeness (QED) is 0.701. The second kappa shape index (κ2) is 3.96. The van der Waals surface area contributed by atoms with Crippen molar-refractivity contribution in [2.75, 3.05) is 37.3 Å². The minimum Gasteiger partial charge on any atom is -0.383 e. The van der Waals surface area contributed by atoms with Crippen molar-refractivity contribution in [2.24, 2.45) is 0 Å². The Morgan fingerprint density at radius 2 is 2.12 bits per heavy atom. The number of amides is 1. The van der Waals surface area contributed by atoms with Gasteiger partial charge in [0.1, 0.15) is 18.0 Å². The fourth-order valence-electron chi connectivity index (χ4n) is 1.71. The number of piperazine rings is 1. The first-order valence-electron chi connectivity index (χ1n) is 5.15. The molecule has 0 bridgehead atoms. The van der Waals surface area contributed by atoms with E-state index in [-0.39, 0.29) is 5.91 Å². The van der Waals surface area contributed by atoms with Crippen molar-refractivity contribution in [3.63, 3.8) is 0 Å². The van der Waals surface area contributed by atoms with Gasteiger partial charge in [-0.05, 0) is 6.92 Å². The first-order chi connectivity index (χ1) is 7.59. The van der Waals surface area contributed by atoms with Crippen molar-refractivity contribution in [3.8, 4) is 0 Å². The van der Waals surface area contributed by atoms with E-state index in [0.29, 0.717) is 18.9 Å². The molecular weight excluding hydrogens is 206 g/mol. The number of nitrogen functional groups attached to an aromatic ring is 1. The van der Waals surface area contributed by atoms with Gasteiger partial charge in [0, 0.05) is 25.7 Å². The highest BCUT2D eigenvalue weighted by Gasteiger charge is 2.23. The summed E-state index contributed by atoms with van der Waals surface area (Å²) in [7, 11) is 1.81. The van der Waals surface area contributed by atoms with E-state index in [0.717, 1.165) is 17.9 Å². The number of hydrogen-bond donors (Lipinski definition) is 1. The average molecular weight is 221 g/mol. The third-order valence-corrected chi connectivity index (χ3v) is 2.85. The maximum Gasteiger partial charge on any atom is 0.241 e. The van der Waals surface area contributed by atoms with Gasteiger partial charge >= 0.3 is 0 Å². The van der Waals surface area contributed by atoms with Crippen LogP contribution in [0.4, 0.5) is 11.6 Å². The SMILES string of the molecule is Cc1c(N)ncnc1N1CCN(C)C(=O)C1. The van der Waals surface area contributed by atoms with Gasteiger partial charge in [-0.1, -0.05) is 0 Å². The molecule has 0 aromatic carbocycles. The minimum atomic E-state index is 0.0998. The Balaban J connectivity index is 2.25. The Labute approximate surface area is 94.1 Å². The van der Waals surface area contributed by atoms with Crippen LogP contribution in [0.3, 0.4) is 0 Å². The van der Waals surface area contributed by atoms with Crippen molar-refractivity contribution < 1.29 is 4.79 Å². The minimum absolute atomic E-state index is 0.0998. The molecule has 2 heterocycles. The third kappa shape index (κ3) is 1.78. The van der Waals surface area contributed by atoms with Crippen LogP contribution in [-0.2, 0) is 4.79 Å². The average Bonchev–Trinajstić information content (AvgIpc) is 2.26. The smallest absolute Gasteiger partial charge is 0.241 e. The van der Waals surface area contributed by atoms with Gasteiger partial charge in [0.25, 0.3) is 0 Å². The molecule has 1 aliphatic rings. The second-order valence-corrected chi connectivity index (χ2v) is 3.94. The van der Waals surface area contributed by atoms with Crippen LogP contribution >= 0.6 is 0 Å². The molecule has 6 nitrogen and oxygen atoms in total. The molecule has 0 atom stereocenters. The van der Waals surface area contributed by atoms with Crippen LogP contribution in [0.1, 0.15) is 5.56 Å². The number of nitrogens with zero attached hydrogens (tertiary/aromatic N) is 4. The van der Waals surface area contributed by atoms with Gasteiger partial charge in [-0.15, -0.1) is 0 Å². The molecule has 86 valence electrons. The number of nitrogens with two attached hydrogens (primary N) is 1. The van der Waals surface area contributed by atoms with Gasteiger partial charge in [-0.2, -0.15) is 0 Å². The second-order valence-electron chi connectivity index (χ2n) is 3.94. The molecule has 0 aliphatic carbocycles. The van der Waals surface area contributed by atoms with Gasteiger partial charge in [-0.3, -0.25) is 4.79 Å². The summed E-state index contributed by atoms with van der Waals surface area (Å²) < 4.78 is 0. The van der Waals surface area contributed by atoms with Crippen LogP contribution in [0, 0.1) is 6.92 Å². The summed E-state index contributed by atoms with van der Waals surface area (Å²) in [6.45, 7) is 3.71. The summed E-state index contributed by atoms with van der Waals surface area (Å²) >= 11 is 0. The largest absolute Gasteiger partial charge is 0.383 e. The summed E-state index contributed by atoms with van der Waals surface area (Å²) in [5.41, 5.74) is 6.55. The Hall–Kier alpha value is -1.85. The lowest BCUT2D eigenvalue weighted by molar-refractivity contribution is -0.129. The molecular formula is C10H15N5O. The zero-order valence-electron chi connectivity index (χ0n) is 9.47. The molecule has 16 heavy (non-hydrogen) atoms. The highest BCUT2D eigenvalue weighted by molar-refractivity contribution is 5.82. The fraction of sp³-hybridized carbons (Fsp3) is 0.500. The molecule has 0 spiro atoms. The Morgan fingerprint density at radius 3 is 2.81 bits per heavy atom. The Morgan fingerprint density at radius 1 is 1.38 bits per heavy atom. The standard InChI is InChI=1S/C10H15N5O/c1-7-9(11)12-6-13-10(7)15-4-3-14(2)8(16)5-15/h6H,3-5H2,1-2H3,(H2,11,12,13). The van der Waals surface area contributed by atoms with Crippen LogP contribution in [0.2, 0.25) is 0 Å². The molecule has 1 aromatic heterocycles. The lowest BCUT2D eigenvalue weighted by Gasteiger charge is -2.33. The number of aromatic nitrogens is 2. The van der Waals surface area contributed by atoms with Crippen molar-refractivity contribution >= 4 is 17.5 Å². The summed E-state index contributed by atoms with van der Waals surface area (Å²) in [6.07, 6.45) is 1.43. The molecule has 1 fully saturated rings. The maximum absolute atomic E-state index is 11.6. The summed E-state index contributed by atoms with van der Waals surface area (Å²) in [5.74, 6) is 1.33.